The summed E-state index contributed by atoms with van der Waals surface area (Å²) in [6, 6.07) is 18.7. The maximum atomic E-state index is 12.2. The van der Waals surface area contributed by atoms with E-state index in [0.717, 1.165) is 24.3 Å². The van der Waals surface area contributed by atoms with E-state index in [1.54, 1.807) is 0 Å². The van der Waals surface area contributed by atoms with E-state index >= 15 is 0 Å². The molecule has 0 saturated carbocycles. The maximum Gasteiger partial charge on any atom is 0.258 e. The molecule has 0 unspecified atom stereocenters. The molecule has 1 N–H and O–H groups in total. The van der Waals surface area contributed by atoms with Crippen LogP contribution < -0.4 is 5.56 Å². The Labute approximate surface area is 141 Å². The first-order valence-corrected chi connectivity index (χ1v) is 8.55. The largest absolute Gasteiger partial charge is 0.309 e. The third kappa shape index (κ3) is 3.10. The quantitative estimate of drug-likeness (QED) is 0.804. The Morgan fingerprint density at radius 2 is 1.88 bits per heavy atom. The van der Waals surface area contributed by atoms with E-state index in [2.05, 4.69) is 45.2 Å². The van der Waals surface area contributed by atoms with Crippen LogP contribution in [-0.4, -0.2) is 27.5 Å². The minimum absolute atomic E-state index is 0.0468. The molecule has 2 heterocycles. The molecule has 4 nitrogen and oxygen atoms in total. The fourth-order valence-corrected chi connectivity index (χ4v) is 3.62. The Balaban J connectivity index is 1.55. The molecular weight excluding hydrogens is 298 g/mol. The third-order valence-electron chi connectivity index (χ3n) is 4.83. The van der Waals surface area contributed by atoms with Crippen molar-refractivity contribution in [3.8, 4) is 0 Å². The van der Waals surface area contributed by atoms with E-state index in [-0.39, 0.29) is 5.56 Å². The average molecular weight is 319 g/mol. The molecule has 0 bridgehead atoms. The van der Waals surface area contributed by atoms with E-state index < -0.39 is 0 Å². The molecule has 1 aromatic heterocycles. The number of hydrogen-bond acceptors (Lipinski definition) is 3. The van der Waals surface area contributed by atoms with E-state index in [4.69, 9.17) is 0 Å². The normalized spacial score (nSPS) is 18.2. The van der Waals surface area contributed by atoms with Crippen LogP contribution in [0.1, 0.15) is 24.2 Å². The molecule has 122 valence electrons. The molecule has 2 aromatic carbocycles. The van der Waals surface area contributed by atoms with E-state index in [9.17, 15) is 4.79 Å². The van der Waals surface area contributed by atoms with Crippen molar-refractivity contribution in [2.45, 2.75) is 31.8 Å². The van der Waals surface area contributed by atoms with Crippen LogP contribution in [-0.2, 0) is 13.0 Å². The summed E-state index contributed by atoms with van der Waals surface area (Å²) in [5.41, 5.74) is 2.10. The Bertz CT molecular complexity index is 888. The number of aromatic amines is 1. The van der Waals surface area contributed by atoms with Crippen LogP contribution >= 0.6 is 0 Å². The van der Waals surface area contributed by atoms with Crippen molar-refractivity contribution in [1.82, 2.24) is 14.9 Å². The second-order valence-corrected chi connectivity index (χ2v) is 6.49. The standard InChI is InChI=1S/C20H21N3O/c24-20-17-10-4-5-11-18(17)21-19(22-20)14-23-12-6-9-16(23)13-15-7-2-1-3-8-15/h1-5,7-8,10-11,16H,6,9,12-14H2,(H,21,22,24)/t16-/m0/s1. The van der Waals surface area contributed by atoms with Crippen LogP contribution in [0.25, 0.3) is 10.9 Å². The summed E-state index contributed by atoms with van der Waals surface area (Å²) in [4.78, 5) is 22.3. The van der Waals surface area contributed by atoms with Gasteiger partial charge in [0.05, 0.1) is 17.4 Å². The van der Waals surface area contributed by atoms with Gasteiger partial charge in [-0.15, -0.1) is 0 Å². The van der Waals surface area contributed by atoms with Crippen molar-refractivity contribution in [2.24, 2.45) is 0 Å². The van der Waals surface area contributed by atoms with Crippen LogP contribution in [0.5, 0.6) is 0 Å². The van der Waals surface area contributed by atoms with E-state index in [1.165, 1.54) is 18.4 Å². The van der Waals surface area contributed by atoms with Gasteiger partial charge in [0.25, 0.3) is 5.56 Å². The lowest BCUT2D eigenvalue weighted by atomic mass is 10.0. The van der Waals surface area contributed by atoms with Gasteiger partial charge in [-0.2, -0.15) is 0 Å². The molecule has 1 aliphatic heterocycles. The van der Waals surface area contributed by atoms with Crippen molar-refractivity contribution in [2.75, 3.05) is 6.54 Å². The number of fused-ring (bicyclic) bond motifs is 1. The van der Waals surface area contributed by atoms with Gasteiger partial charge in [-0.3, -0.25) is 9.69 Å². The maximum absolute atomic E-state index is 12.2. The number of rotatable bonds is 4. The number of H-pyrrole nitrogens is 1. The van der Waals surface area contributed by atoms with Gasteiger partial charge >= 0.3 is 0 Å². The van der Waals surface area contributed by atoms with Gasteiger partial charge in [-0.1, -0.05) is 42.5 Å². The fraction of sp³-hybridized carbons (Fsp3) is 0.300. The van der Waals surface area contributed by atoms with Crippen molar-refractivity contribution < 1.29 is 0 Å². The van der Waals surface area contributed by atoms with Crippen molar-refractivity contribution in [3.05, 3.63) is 76.3 Å². The zero-order valence-electron chi connectivity index (χ0n) is 13.6. The molecular formula is C20H21N3O. The summed E-state index contributed by atoms with van der Waals surface area (Å²) in [6.45, 7) is 1.77. The lowest BCUT2D eigenvalue weighted by molar-refractivity contribution is 0.238. The number of nitrogens with one attached hydrogen (secondary N) is 1. The Hall–Kier alpha value is -2.46. The topological polar surface area (TPSA) is 49.0 Å². The van der Waals surface area contributed by atoms with Crippen LogP contribution in [0, 0.1) is 0 Å². The van der Waals surface area contributed by atoms with Crippen LogP contribution in [0.3, 0.4) is 0 Å². The van der Waals surface area contributed by atoms with Gasteiger partial charge < -0.3 is 4.98 Å². The van der Waals surface area contributed by atoms with Gasteiger partial charge in [0, 0.05) is 6.04 Å². The number of aromatic nitrogens is 2. The molecule has 1 saturated heterocycles. The lowest BCUT2D eigenvalue weighted by Crippen LogP contribution is -2.32. The SMILES string of the molecule is O=c1[nH]c(CN2CCC[C@H]2Cc2ccccc2)nc2ccccc12. The monoisotopic (exact) mass is 319 g/mol. The first kappa shape index (κ1) is 15.1. The first-order valence-electron chi connectivity index (χ1n) is 8.55. The van der Waals surface area contributed by atoms with Gasteiger partial charge in [0.1, 0.15) is 5.82 Å². The number of hydrogen-bond donors (Lipinski definition) is 1. The molecule has 0 amide bonds. The second kappa shape index (κ2) is 6.57. The molecule has 3 aromatic rings. The number of likely N-dealkylation sites (tertiary alicyclic amines) is 1. The van der Waals surface area contributed by atoms with Gasteiger partial charge in [0.2, 0.25) is 0 Å². The van der Waals surface area contributed by atoms with Crippen LogP contribution in [0.4, 0.5) is 0 Å². The summed E-state index contributed by atoms with van der Waals surface area (Å²) < 4.78 is 0. The summed E-state index contributed by atoms with van der Waals surface area (Å²) in [5.74, 6) is 0.763. The van der Waals surface area contributed by atoms with Crippen molar-refractivity contribution >= 4 is 10.9 Å². The highest BCUT2D eigenvalue weighted by atomic mass is 16.1. The second-order valence-electron chi connectivity index (χ2n) is 6.49. The van der Waals surface area contributed by atoms with Gasteiger partial charge in [-0.25, -0.2) is 4.98 Å². The minimum Gasteiger partial charge on any atom is -0.309 e. The molecule has 1 fully saturated rings. The lowest BCUT2D eigenvalue weighted by Gasteiger charge is -2.24. The predicted molar refractivity (Wildman–Crippen MR) is 95.9 cm³/mol. The Morgan fingerprint density at radius 3 is 2.75 bits per heavy atom. The summed E-state index contributed by atoms with van der Waals surface area (Å²) in [7, 11) is 0. The molecule has 0 aliphatic carbocycles. The smallest absolute Gasteiger partial charge is 0.258 e. The highest BCUT2D eigenvalue weighted by molar-refractivity contribution is 5.77. The molecule has 4 heteroatoms. The molecule has 4 rings (SSSR count). The van der Waals surface area contributed by atoms with Gasteiger partial charge in [0.15, 0.2) is 0 Å². The molecule has 0 spiro atoms. The predicted octanol–water partition coefficient (Wildman–Crippen LogP) is 3.13. The van der Waals surface area contributed by atoms with Crippen molar-refractivity contribution in [3.63, 3.8) is 0 Å². The number of benzene rings is 2. The zero-order valence-corrected chi connectivity index (χ0v) is 13.6. The van der Waals surface area contributed by atoms with Crippen LogP contribution in [0.2, 0.25) is 0 Å². The summed E-state index contributed by atoms with van der Waals surface area (Å²) in [6.07, 6.45) is 3.46. The van der Waals surface area contributed by atoms with Gasteiger partial charge in [-0.05, 0) is 43.5 Å². The summed E-state index contributed by atoms with van der Waals surface area (Å²) >= 11 is 0. The molecule has 1 aliphatic rings. The van der Waals surface area contributed by atoms with Crippen molar-refractivity contribution in [1.29, 1.82) is 0 Å². The third-order valence-corrected chi connectivity index (χ3v) is 4.83. The van der Waals surface area contributed by atoms with E-state index in [0.29, 0.717) is 18.0 Å². The Kier molecular flexibility index (Phi) is 4.13. The van der Waals surface area contributed by atoms with Crippen LogP contribution in [0.15, 0.2) is 59.4 Å². The zero-order chi connectivity index (χ0) is 16.4. The Morgan fingerprint density at radius 1 is 1.08 bits per heavy atom. The highest BCUT2D eigenvalue weighted by Crippen LogP contribution is 2.22. The number of nitrogens with zero attached hydrogens (tertiary/aromatic N) is 2. The summed E-state index contributed by atoms with van der Waals surface area (Å²) in [5, 5.41) is 0.656. The minimum atomic E-state index is -0.0468. The molecule has 0 radical (unpaired) electrons. The highest BCUT2D eigenvalue weighted by Gasteiger charge is 2.25. The number of para-hydroxylation sites is 1. The molecule has 24 heavy (non-hydrogen) atoms. The van der Waals surface area contributed by atoms with E-state index in [1.807, 2.05) is 24.3 Å². The average Bonchev–Trinajstić information content (AvgIpc) is 3.03. The first-order chi connectivity index (χ1) is 11.8. The fourth-order valence-electron chi connectivity index (χ4n) is 3.62. The molecule has 1 atom stereocenters.